The number of rotatable bonds is 12. The highest BCUT2D eigenvalue weighted by Crippen LogP contribution is 2.40. The van der Waals surface area contributed by atoms with Gasteiger partial charge in [0.2, 0.25) is 11.8 Å². The molecule has 7 nitrogen and oxygen atoms in total. The molecule has 2 aromatic carbocycles. The van der Waals surface area contributed by atoms with Crippen LogP contribution in [0.5, 0.6) is 11.5 Å². The number of methoxy groups -OCH3 is 1. The molecule has 0 saturated carbocycles. The second-order valence-electron chi connectivity index (χ2n) is 11.7. The van der Waals surface area contributed by atoms with Crippen LogP contribution in [0.3, 0.4) is 0 Å². The van der Waals surface area contributed by atoms with Crippen LogP contribution in [0.4, 0.5) is 0 Å². The lowest BCUT2D eigenvalue weighted by Gasteiger charge is -2.28. The molecule has 1 atom stereocenters. The van der Waals surface area contributed by atoms with Gasteiger partial charge < -0.3 is 25.2 Å². The maximum absolute atomic E-state index is 13.1. The third-order valence-corrected chi connectivity index (χ3v) is 6.41. The maximum Gasteiger partial charge on any atom is 0.247 e. The van der Waals surface area contributed by atoms with E-state index in [0.717, 1.165) is 16.7 Å². The van der Waals surface area contributed by atoms with Crippen molar-refractivity contribution in [2.75, 3.05) is 26.9 Å². The lowest BCUT2D eigenvalue weighted by Crippen LogP contribution is -2.41. The molecule has 0 radical (unpaired) electrons. The van der Waals surface area contributed by atoms with E-state index < -0.39 is 6.04 Å². The number of benzene rings is 2. The van der Waals surface area contributed by atoms with Gasteiger partial charge in [-0.1, -0.05) is 65.8 Å². The fourth-order valence-electron chi connectivity index (χ4n) is 4.20. The first-order valence-corrected chi connectivity index (χ1v) is 13.4. The summed E-state index contributed by atoms with van der Waals surface area (Å²) >= 11 is 0. The Bertz CT molecular complexity index is 1030. The SMILES string of the molecule is CCOCCCNC(=O)[C@H](NC(=O)CCc1cc(C(C)(C)C)c(O)c(C(C)(C)C)c1)c1ccc(OC)cc1. The van der Waals surface area contributed by atoms with Gasteiger partial charge in [0, 0.05) is 26.2 Å². The quantitative estimate of drug-likeness (QED) is 0.325. The van der Waals surface area contributed by atoms with E-state index in [2.05, 4.69) is 52.2 Å². The number of carbonyl (C=O) groups excluding carboxylic acids is 2. The molecule has 2 rings (SSSR count). The molecular formula is C31H46N2O5. The normalized spacial score (nSPS) is 12.6. The van der Waals surface area contributed by atoms with Crippen LogP contribution in [-0.4, -0.2) is 43.8 Å². The van der Waals surface area contributed by atoms with Gasteiger partial charge in [0.1, 0.15) is 17.5 Å². The topological polar surface area (TPSA) is 96.9 Å². The molecule has 0 fully saturated rings. The van der Waals surface area contributed by atoms with Crippen LogP contribution in [0.15, 0.2) is 36.4 Å². The van der Waals surface area contributed by atoms with Gasteiger partial charge in [-0.25, -0.2) is 0 Å². The Morgan fingerprint density at radius 2 is 1.55 bits per heavy atom. The van der Waals surface area contributed by atoms with Gasteiger partial charge in [-0.2, -0.15) is 0 Å². The van der Waals surface area contributed by atoms with Crippen molar-refractivity contribution in [2.45, 2.75) is 84.6 Å². The Labute approximate surface area is 228 Å². The summed E-state index contributed by atoms with van der Waals surface area (Å²) in [6, 6.07) is 10.3. The molecule has 0 aliphatic carbocycles. The predicted octanol–water partition coefficient (Wildman–Crippen LogP) is 5.33. The van der Waals surface area contributed by atoms with Crippen LogP contribution < -0.4 is 15.4 Å². The molecule has 0 heterocycles. The number of carbonyl (C=O) groups is 2. The van der Waals surface area contributed by atoms with Crippen LogP contribution >= 0.6 is 0 Å². The molecule has 0 unspecified atom stereocenters. The number of phenols is 1. The van der Waals surface area contributed by atoms with Gasteiger partial charge in [-0.05, 0) is 65.0 Å². The summed E-state index contributed by atoms with van der Waals surface area (Å²) in [7, 11) is 1.58. The van der Waals surface area contributed by atoms with E-state index in [0.29, 0.717) is 49.7 Å². The zero-order valence-electron chi connectivity index (χ0n) is 24.4. The van der Waals surface area contributed by atoms with Crippen molar-refractivity contribution in [1.82, 2.24) is 10.6 Å². The molecule has 38 heavy (non-hydrogen) atoms. The minimum Gasteiger partial charge on any atom is -0.507 e. The highest BCUT2D eigenvalue weighted by Gasteiger charge is 2.27. The number of aromatic hydroxyl groups is 1. The first-order chi connectivity index (χ1) is 17.8. The van der Waals surface area contributed by atoms with Gasteiger partial charge in [0.05, 0.1) is 7.11 Å². The van der Waals surface area contributed by atoms with Gasteiger partial charge >= 0.3 is 0 Å². The molecule has 0 saturated heterocycles. The number of amides is 2. The van der Waals surface area contributed by atoms with Crippen molar-refractivity contribution < 1.29 is 24.2 Å². The van der Waals surface area contributed by atoms with Crippen molar-refractivity contribution in [3.05, 3.63) is 58.7 Å². The Hall–Kier alpha value is -3.06. The summed E-state index contributed by atoms with van der Waals surface area (Å²) in [4.78, 5) is 26.2. The van der Waals surface area contributed by atoms with E-state index >= 15 is 0 Å². The summed E-state index contributed by atoms with van der Waals surface area (Å²) in [5.74, 6) is 0.499. The van der Waals surface area contributed by atoms with E-state index in [4.69, 9.17) is 9.47 Å². The average molecular weight is 527 g/mol. The number of phenolic OH excluding ortho intramolecular Hbond substituents is 1. The largest absolute Gasteiger partial charge is 0.507 e. The molecule has 2 aromatic rings. The molecule has 210 valence electrons. The first kappa shape index (κ1) is 31.2. The molecule has 0 aliphatic rings. The third kappa shape index (κ3) is 9.05. The fraction of sp³-hybridized carbons (Fsp3) is 0.548. The number of aryl methyl sites for hydroxylation is 1. The zero-order chi connectivity index (χ0) is 28.5. The maximum atomic E-state index is 13.1. The van der Waals surface area contributed by atoms with E-state index in [1.807, 2.05) is 19.1 Å². The zero-order valence-corrected chi connectivity index (χ0v) is 24.4. The molecule has 0 aromatic heterocycles. The van der Waals surface area contributed by atoms with E-state index in [-0.39, 0.29) is 29.1 Å². The molecule has 2 amide bonds. The Morgan fingerprint density at radius 3 is 2.05 bits per heavy atom. The second kappa shape index (κ2) is 13.7. The minimum atomic E-state index is -0.824. The van der Waals surface area contributed by atoms with Crippen LogP contribution in [0.1, 0.15) is 89.6 Å². The van der Waals surface area contributed by atoms with Crippen LogP contribution in [0, 0.1) is 0 Å². The standard InChI is InChI=1S/C31H46N2O5/c1-9-38-18-10-17-32-29(36)27(22-12-14-23(37-8)15-13-22)33-26(34)16-11-21-19-24(30(2,3)4)28(35)25(20-21)31(5,6)7/h12-15,19-20,27,35H,9-11,16-18H2,1-8H3,(H,32,36)(H,33,34)/t27-/m1/s1. The molecular weight excluding hydrogens is 480 g/mol. The number of ether oxygens (including phenoxy) is 2. The molecule has 3 N–H and O–H groups in total. The van der Waals surface area contributed by atoms with Crippen molar-refractivity contribution in [3.8, 4) is 11.5 Å². The summed E-state index contributed by atoms with van der Waals surface area (Å²) < 4.78 is 10.6. The smallest absolute Gasteiger partial charge is 0.247 e. The lowest BCUT2D eigenvalue weighted by molar-refractivity contribution is -0.129. The summed E-state index contributed by atoms with van der Waals surface area (Å²) in [5.41, 5.74) is 2.89. The number of hydrogen-bond donors (Lipinski definition) is 3. The molecule has 0 aliphatic heterocycles. The van der Waals surface area contributed by atoms with Crippen LogP contribution in [0.2, 0.25) is 0 Å². The average Bonchev–Trinajstić information content (AvgIpc) is 2.85. The van der Waals surface area contributed by atoms with Crippen LogP contribution in [0.25, 0.3) is 0 Å². The van der Waals surface area contributed by atoms with Gasteiger partial charge in [0.15, 0.2) is 0 Å². The van der Waals surface area contributed by atoms with E-state index in [1.54, 1.807) is 31.4 Å². The van der Waals surface area contributed by atoms with Gasteiger partial charge in [0.25, 0.3) is 0 Å². The summed E-state index contributed by atoms with van der Waals surface area (Å²) in [6.45, 7) is 16.0. The first-order valence-electron chi connectivity index (χ1n) is 13.4. The minimum absolute atomic E-state index is 0.211. The van der Waals surface area contributed by atoms with E-state index in [1.165, 1.54) is 0 Å². The molecule has 0 spiro atoms. The fourth-order valence-corrected chi connectivity index (χ4v) is 4.20. The van der Waals surface area contributed by atoms with Crippen molar-refractivity contribution in [2.24, 2.45) is 0 Å². The monoisotopic (exact) mass is 526 g/mol. The number of nitrogens with one attached hydrogen (secondary N) is 2. The third-order valence-electron chi connectivity index (χ3n) is 6.41. The van der Waals surface area contributed by atoms with Crippen LogP contribution in [-0.2, 0) is 31.6 Å². The van der Waals surface area contributed by atoms with E-state index in [9.17, 15) is 14.7 Å². The Balaban J connectivity index is 2.20. The lowest BCUT2D eigenvalue weighted by atomic mass is 9.78. The van der Waals surface area contributed by atoms with Crippen molar-refractivity contribution in [3.63, 3.8) is 0 Å². The highest BCUT2D eigenvalue weighted by atomic mass is 16.5. The van der Waals surface area contributed by atoms with Crippen molar-refractivity contribution >= 4 is 11.8 Å². The highest BCUT2D eigenvalue weighted by molar-refractivity contribution is 5.88. The Morgan fingerprint density at radius 1 is 0.974 bits per heavy atom. The number of hydrogen-bond acceptors (Lipinski definition) is 5. The molecule has 7 heteroatoms. The predicted molar refractivity (Wildman–Crippen MR) is 152 cm³/mol. The summed E-state index contributed by atoms with van der Waals surface area (Å²) in [6.07, 6.45) is 1.39. The molecule has 0 bridgehead atoms. The van der Waals surface area contributed by atoms with Gasteiger partial charge in [-0.3, -0.25) is 9.59 Å². The van der Waals surface area contributed by atoms with Crippen molar-refractivity contribution in [1.29, 1.82) is 0 Å². The Kier molecular flexibility index (Phi) is 11.2. The summed E-state index contributed by atoms with van der Waals surface area (Å²) in [5, 5.41) is 16.8. The second-order valence-corrected chi connectivity index (χ2v) is 11.7. The van der Waals surface area contributed by atoms with Gasteiger partial charge in [-0.15, -0.1) is 0 Å².